The number of rotatable bonds is 7. The molecule has 0 aliphatic rings. The van der Waals surface area contributed by atoms with Gasteiger partial charge in [-0.3, -0.25) is 0 Å². The highest BCUT2D eigenvalue weighted by Gasteiger charge is 1.93. The van der Waals surface area contributed by atoms with Gasteiger partial charge in [0, 0.05) is 6.42 Å². The average Bonchev–Trinajstić information content (AvgIpc) is 2.30. The van der Waals surface area contributed by atoms with Crippen molar-refractivity contribution in [1.29, 1.82) is 0 Å². The first kappa shape index (κ1) is 12.6. The van der Waals surface area contributed by atoms with E-state index in [-0.39, 0.29) is 5.75 Å². The molecule has 0 spiro atoms. The molecule has 0 fully saturated rings. The monoisotopic (exact) mass is 215 g/mol. The highest BCUT2D eigenvalue weighted by molar-refractivity contribution is 5.24. The summed E-state index contributed by atoms with van der Waals surface area (Å²) in [6, 6.07) is 7.14. The summed E-state index contributed by atoms with van der Waals surface area (Å²) in [5.41, 5.74) is 1.27. The maximum absolute atomic E-state index is 10.9. The van der Waals surface area contributed by atoms with Crippen molar-refractivity contribution < 1.29 is 5.11 Å². The molecule has 0 saturated heterocycles. The molecular formula is C15H19O-. The molecule has 0 radical (unpaired) electrons. The Morgan fingerprint density at radius 3 is 2.25 bits per heavy atom. The van der Waals surface area contributed by atoms with Crippen molar-refractivity contribution in [3.8, 4) is 18.1 Å². The van der Waals surface area contributed by atoms with E-state index in [1.54, 1.807) is 12.1 Å². The van der Waals surface area contributed by atoms with Gasteiger partial charge in [0.1, 0.15) is 0 Å². The van der Waals surface area contributed by atoms with Crippen molar-refractivity contribution in [2.45, 2.75) is 44.9 Å². The van der Waals surface area contributed by atoms with E-state index in [2.05, 4.69) is 5.92 Å². The summed E-state index contributed by atoms with van der Waals surface area (Å²) in [6.45, 7) is 0. The van der Waals surface area contributed by atoms with Crippen LogP contribution in [0.4, 0.5) is 0 Å². The summed E-state index contributed by atoms with van der Waals surface area (Å²) < 4.78 is 0. The molecular weight excluding hydrogens is 196 g/mol. The number of aryl methyl sites for hydroxylation is 1. The van der Waals surface area contributed by atoms with E-state index in [1.807, 2.05) is 12.1 Å². The third kappa shape index (κ3) is 5.46. The molecule has 0 aromatic heterocycles. The van der Waals surface area contributed by atoms with Crippen LogP contribution in [0.2, 0.25) is 0 Å². The summed E-state index contributed by atoms with van der Waals surface area (Å²) in [6.07, 6.45) is 13.3. The Labute approximate surface area is 98.5 Å². The Morgan fingerprint density at radius 1 is 0.938 bits per heavy atom. The second-order valence-electron chi connectivity index (χ2n) is 4.12. The summed E-state index contributed by atoms with van der Waals surface area (Å²) >= 11 is 0. The lowest BCUT2D eigenvalue weighted by Gasteiger charge is -2.06. The lowest BCUT2D eigenvalue weighted by Crippen LogP contribution is -1.90. The van der Waals surface area contributed by atoms with Gasteiger partial charge in [0.15, 0.2) is 0 Å². The van der Waals surface area contributed by atoms with E-state index in [4.69, 9.17) is 6.42 Å². The quantitative estimate of drug-likeness (QED) is 0.505. The van der Waals surface area contributed by atoms with E-state index in [0.717, 1.165) is 19.3 Å². The van der Waals surface area contributed by atoms with Crippen molar-refractivity contribution in [3.05, 3.63) is 29.8 Å². The largest absolute Gasteiger partial charge is 0.872 e. The minimum absolute atomic E-state index is 0.0954. The molecule has 1 nitrogen and oxygen atoms in total. The number of unbranched alkanes of at least 4 members (excludes halogenated alkanes) is 5. The second-order valence-corrected chi connectivity index (χ2v) is 4.12. The summed E-state index contributed by atoms with van der Waals surface area (Å²) in [5, 5.41) is 10.9. The summed E-state index contributed by atoms with van der Waals surface area (Å²) in [7, 11) is 0. The van der Waals surface area contributed by atoms with Crippen molar-refractivity contribution in [2.24, 2.45) is 0 Å². The van der Waals surface area contributed by atoms with Crippen LogP contribution in [0.15, 0.2) is 24.3 Å². The van der Waals surface area contributed by atoms with E-state index in [0.29, 0.717) is 0 Å². The average molecular weight is 215 g/mol. The maximum atomic E-state index is 10.9. The molecule has 0 aliphatic carbocycles. The van der Waals surface area contributed by atoms with Gasteiger partial charge < -0.3 is 5.11 Å². The van der Waals surface area contributed by atoms with Crippen LogP contribution in [0.3, 0.4) is 0 Å². The molecule has 0 heterocycles. The molecule has 1 heteroatoms. The van der Waals surface area contributed by atoms with Gasteiger partial charge in [0.05, 0.1) is 0 Å². The Balaban J connectivity index is 2.03. The van der Waals surface area contributed by atoms with Crippen LogP contribution in [-0.4, -0.2) is 0 Å². The fraction of sp³-hybridized carbons (Fsp3) is 0.467. The zero-order chi connectivity index (χ0) is 11.6. The molecule has 0 atom stereocenters. The van der Waals surface area contributed by atoms with Crippen molar-refractivity contribution >= 4 is 0 Å². The molecule has 0 aliphatic heterocycles. The van der Waals surface area contributed by atoms with Crippen LogP contribution in [0.1, 0.15) is 44.1 Å². The van der Waals surface area contributed by atoms with Gasteiger partial charge in [-0.15, -0.1) is 18.1 Å². The molecule has 0 N–H and O–H groups in total. The van der Waals surface area contributed by atoms with Crippen molar-refractivity contribution in [1.82, 2.24) is 0 Å². The van der Waals surface area contributed by atoms with Gasteiger partial charge in [-0.2, -0.15) is 0 Å². The van der Waals surface area contributed by atoms with Gasteiger partial charge in [-0.1, -0.05) is 43.5 Å². The predicted octanol–water partition coefficient (Wildman–Crippen LogP) is 3.28. The molecule has 0 saturated carbocycles. The highest BCUT2D eigenvalue weighted by atomic mass is 16.3. The number of hydrogen-bond donors (Lipinski definition) is 0. The first-order valence-electron chi connectivity index (χ1n) is 6.02. The van der Waals surface area contributed by atoms with E-state index in [9.17, 15) is 5.11 Å². The zero-order valence-electron chi connectivity index (χ0n) is 9.74. The molecule has 1 aromatic carbocycles. The van der Waals surface area contributed by atoms with Crippen LogP contribution in [-0.2, 0) is 6.42 Å². The Bertz CT molecular complexity index is 318. The standard InChI is InChI=1S/C15H20O/c1-2-3-4-5-6-7-8-9-14-10-12-15(16)13-11-14/h1,10-13,16H,3-9H2/p-1. The van der Waals surface area contributed by atoms with Crippen molar-refractivity contribution in [3.63, 3.8) is 0 Å². The van der Waals surface area contributed by atoms with Gasteiger partial charge in [-0.25, -0.2) is 0 Å². The number of terminal acetylenes is 1. The number of hydrogen-bond acceptors (Lipinski definition) is 1. The van der Waals surface area contributed by atoms with Crippen molar-refractivity contribution in [2.75, 3.05) is 0 Å². The Hall–Kier alpha value is -1.42. The second kappa shape index (κ2) is 7.82. The fourth-order valence-electron chi connectivity index (χ4n) is 1.74. The Morgan fingerprint density at radius 2 is 1.56 bits per heavy atom. The molecule has 16 heavy (non-hydrogen) atoms. The van der Waals surface area contributed by atoms with E-state index >= 15 is 0 Å². The van der Waals surface area contributed by atoms with Crippen LogP contribution in [0.5, 0.6) is 5.75 Å². The molecule has 1 rings (SSSR count). The lowest BCUT2D eigenvalue weighted by atomic mass is 10.0. The minimum atomic E-state index is 0.0954. The normalized spacial score (nSPS) is 9.94. The van der Waals surface area contributed by atoms with Crippen LogP contribution < -0.4 is 5.11 Å². The first-order chi connectivity index (χ1) is 7.83. The van der Waals surface area contributed by atoms with Crippen LogP contribution in [0, 0.1) is 12.3 Å². The molecule has 86 valence electrons. The molecule has 0 amide bonds. The van der Waals surface area contributed by atoms with Gasteiger partial charge in [0.2, 0.25) is 0 Å². The lowest BCUT2D eigenvalue weighted by molar-refractivity contribution is -0.268. The first-order valence-corrected chi connectivity index (χ1v) is 6.02. The molecule has 1 aromatic rings. The molecule has 0 bridgehead atoms. The number of benzene rings is 1. The van der Waals surface area contributed by atoms with Gasteiger partial charge in [0.25, 0.3) is 0 Å². The smallest absolute Gasteiger partial charge is 0.00860 e. The highest BCUT2D eigenvalue weighted by Crippen LogP contribution is 2.12. The SMILES string of the molecule is C#CCCCCCCCc1ccc([O-])cc1. The topological polar surface area (TPSA) is 23.1 Å². The third-order valence-electron chi connectivity index (χ3n) is 2.71. The van der Waals surface area contributed by atoms with E-state index in [1.165, 1.54) is 31.2 Å². The minimum Gasteiger partial charge on any atom is -0.872 e. The summed E-state index contributed by atoms with van der Waals surface area (Å²) in [4.78, 5) is 0. The predicted molar refractivity (Wildman–Crippen MR) is 66.1 cm³/mol. The Kier molecular flexibility index (Phi) is 6.18. The zero-order valence-corrected chi connectivity index (χ0v) is 9.74. The fourth-order valence-corrected chi connectivity index (χ4v) is 1.74. The van der Waals surface area contributed by atoms with Gasteiger partial charge in [-0.05, 0) is 24.8 Å². The third-order valence-corrected chi connectivity index (χ3v) is 2.71. The van der Waals surface area contributed by atoms with E-state index < -0.39 is 0 Å². The van der Waals surface area contributed by atoms with Crippen LogP contribution >= 0.6 is 0 Å². The van der Waals surface area contributed by atoms with Crippen LogP contribution in [0.25, 0.3) is 0 Å². The maximum Gasteiger partial charge on any atom is 0.00860 e. The van der Waals surface area contributed by atoms with Gasteiger partial charge >= 0.3 is 0 Å². The molecule has 0 unspecified atom stereocenters. The summed E-state index contributed by atoms with van der Waals surface area (Å²) in [5.74, 6) is 2.76.